The number of hydrogen-bond acceptors (Lipinski definition) is 2. The maximum atomic E-state index is 8.17. The number of aromatic nitrogens is 2. The highest BCUT2D eigenvalue weighted by Crippen LogP contribution is 2.28. The lowest BCUT2D eigenvalue weighted by molar-refractivity contribution is -0.635. The molecule has 0 atom stereocenters. The van der Waals surface area contributed by atoms with Gasteiger partial charge < -0.3 is 0 Å². The average molecular weight is 284 g/mol. The number of fused-ring (bicyclic) bond motifs is 1. The van der Waals surface area contributed by atoms with Crippen LogP contribution in [0.15, 0.2) is 36.4 Å². The van der Waals surface area contributed by atoms with Gasteiger partial charge in [-0.1, -0.05) is 49.4 Å². The molecule has 2 nitrogen and oxygen atoms in total. The number of thiazole rings is 1. The fourth-order valence-electron chi connectivity index (χ4n) is 2.40. The molecule has 0 aliphatic rings. The monoisotopic (exact) mass is 284 g/mol. The van der Waals surface area contributed by atoms with Gasteiger partial charge in [-0.15, -0.1) is 0 Å². The maximum Gasteiger partial charge on any atom is 0.342 e. The minimum Gasteiger partial charge on any atom is -0.225 e. The molecule has 3 rings (SSSR count). The quantitative estimate of drug-likeness (QED) is 0.644. The van der Waals surface area contributed by atoms with Crippen LogP contribution in [-0.2, 0) is 7.05 Å². The topological polar surface area (TPSA) is 16.8 Å². The maximum absolute atomic E-state index is 8.17. The van der Waals surface area contributed by atoms with Gasteiger partial charge in [0.05, 0.1) is 7.05 Å². The molecule has 1 aromatic carbocycles. The van der Waals surface area contributed by atoms with Gasteiger partial charge in [0.15, 0.2) is 0 Å². The van der Waals surface area contributed by atoms with Crippen molar-refractivity contribution in [3.8, 4) is 11.3 Å². The molecule has 20 heavy (non-hydrogen) atoms. The molecule has 0 spiro atoms. The molecule has 2 heterocycles. The molecule has 3 heteroatoms. The predicted octanol–water partition coefficient (Wildman–Crippen LogP) is 4.22. The zero-order valence-electron chi connectivity index (χ0n) is 13.3. The molecule has 0 saturated carbocycles. The van der Waals surface area contributed by atoms with Crippen LogP contribution >= 0.6 is 11.3 Å². The van der Waals surface area contributed by atoms with Crippen molar-refractivity contribution in [3.63, 3.8) is 0 Å². The largest absolute Gasteiger partial charge is 0.342 e. The second-order valence-corrected chi connectivity index (χ2v) is 6.33. The van der Waals surface area contributed by atoms with Crippen LogP contribution in [-0.4, -0.2) is 4.98 Å². The fraction of sp³-hybridized carbons (Fsp3) is 0.294. The average Bonchev–Trinajstić information content (AvgIpc) is 2.85. The minimum absolute atomic E-state index is 0.653. The van der Waals surface area contributed by atoms with E-state index in [1.54, 1.807) is 11.3 Å². The highest BCUT2D eigenvalue weighted by Gasteiger charge is 2.20. The van der Waals surface area contributed by atoms with Gasteiger partial charge in [0.25, 0.3) is 0 Å². The van der Waals surface area contributed by atoms with E-state index in [1.807, 2.05) is 20.9 Å². The summed E-state index contributed by atoms with van der Waals surface area (Å²) in [4.78, 5) is 4.69. The molecule has 0 aliphatic heterocycles. The van der Waals surface area contributed by atoms with Crippen LogP contribution in [0.25, 0.3) is 21.6 Å². The van der Waals surface area contributed by atoms with E-state index in [9.17, 15) is 0 Å². The van der Waals surface area contributed by atoms with Crippen molar-refractivity contribution in [2.75, 3.05) is 0 Å². The van der Waals surface area contributed by atoms with E-state index in [1.165, 1.54) is 11.1 Å². The summed E-state index contributed by atoms with van der Waals surface area (Å²) in [7, 11) is 2.05. The van der Waals surface area contributed by atoms with E-state index in [-0.39, 0.29) is 0 Å². The third-order valence-corrected chi connectivity index (χ3v) is 4.79. The SMILES string of the molecule is [2H]C(C)(C)c1nc2c(ccc(-c3ccccc3C)[n+]2C)s1. The summed E-state index contributed by atoms with van der Waals surface area (Å²) < 4.78 is 11.4. The van der Waals surface area contributed by atoms with Crippen LogP contribution in [0.4, 0.5) is 0 Å². The summed E-state index contributed by atoms with van der Waals surface area (Å²) in [6, 6.07) is 12.6. The van der Waals surface area contributed by atoms with E-state index < -0.39 is 5.89 Å². The van der Waals surface area contributed by atoms with Crippen molar-refractivity contribution in [1.29, 1.82) is 0 Å². The van der Waals surface area contributed by atoms with Gasteiger partial charge in [0, 0.05) is 12.8 Å². The Morgan fingerprint density at radius 1 is 1.20 bits per heavy atom. The number of nitrogens with zero attached hydrogens (tertiary/aromatic N) is 2. The lowest BCUT2D eigenvalue weighted by Gasteiger charge is -2.06. The molecule has 0 unspecified atom stereocenters. The minimum atomic E-state index is -0.653. The van der Waals surface area contributed by atoms with E-state index in [0.29, 0.717) is 0 Å². The number of aryl methyl sites for hydroxylation is 2. The Morgan fingerprint density at radius 3 is 2.65 bits per heavy atom. The van der Waals surface area contributed by atoms with Crippen LogP contribution in [0.1, 0.15) is 31.7 Å². The molecular formula is C17H19N2S+. The van der Waals surface area contributed by atoms with Gasteiger partial charge in [-0.05, 0) is 29.6 Å². The molecule has 0 amide bonds. The van der Waals surface area contributed by atoms with E-state index in [0.717, 1.165) is 21.0 Å². The first kappa shape index (κ1) is 12.0. The molecule has 0 radical (unpaired) electrons. The molecule has 102 valence electrons. The molecule has 0 bridgehead atoms. The Balaban J connectivity index is 2.24. The Hall–Kier alpha value is -1.74. The molecule has 3 aromatic rings. The highest BCUT2D eigenvalue weighted by molar-refractivity contribution is 7.18. The first-order valence-electron chi connectivity index (χ1n) is 7.24. The van der Waals surface area contributed by atoms with Crippen molar-refractivity contribution in [2.24, 2.45) is 7.05 Å². The zero-order valence-corrected chi connectivity index (χ0v) is 13.1. The standard InChI is InChI=1S/C17H19N2S/c1-11(2)17-18-16-15(20-17)10-9-14(19(16)4)13-8-6-5-7-12(13)3/h5-11H,1-4H3/q+1/i11D. The first-order chi connectivity index (χ1) is 9.88. The van der Waals surface area contributed by atoms with Crippen LogP contribution in [0, 0.1) is 6.92 Å². The molecule has 2 aromatic heterocycles. The molecular weight excluding hydrogens is 264 g/mol. The second kappa shape index (κ2) is 4.98. The zero-order chi connectivity index (χ0) is 15.2. The van der Waals surface area contributed by atoms with E-state index >= 15 is 0 Å². The van der Waals surface area contributed by atoms with Gasteiger partial charge >= 0.3 is 5.65 Å². The van der Waals surface area contributed by atoms with Gasteiger partial charge in [-0.3, -0.25) is 0 Å². The Bertz CT molecular complexity index is 815. The van der Waals surface area contributed by atoms with Crippen LogP contribution in [0.5, 0.6) is 0 Å². The fourth-order valence-corrected chi connectivity index (χ4v) is 3.35. The van der Waals surface area contributed by atoms with Crippen molar-refractivity contribution < 1.29 is 5.94 Å². The van der Waals surface area contributed by atoms with E-state index in [2.05, 4.69) is 47.9 Å². The molecule has 0 N–H and O–H groups in total. The van der Waals surface area contributed by atoms with Crippen molar-refractivity contribution >= 4 is 21.7 Å². The first-order valence-corrected chi connectivity index (χ1v) is 7.55. The summed E-state index contributed by atoms with van der Waals surface area (Å²) in [5, 5.41) is 0.857. The number of hydrogen-bond donors (Lipinski definition) is 0. The van der Waals surface area contributed by atoms with Crippen LogP contribution in [0.3, 0.4) is 0 Å². The Labute approximate surface area is 125 Å². The smallest absolute Gasteiger partial charge is 0.225 e. The summed E-state index contributed by atoms with van der Waals surface area (Å²) in [6.07, 6.45) is 0. The van der Waals surface area contributed by atoms with Crippen molar-refractivity contribution in [1.82, 2.24) is 4.98 Å². The van der Waals surface area contributed by atoms with E-state index in [4.69, 9.17) is 6.35 Å². The molecule has 0 saturated heterocycles. The number of benzene rings is 1. The third kappa shape index (κ3) is 2.12. The number of rotatable bonds is 2. The number of pyridine rings is 1. The molecule has 0 fully saturated rings. The summed E-state index contributed by atoms with van der Waals surface area (Å²) in [6.45, 7) is 5.89. The van der Waals surface area contributed by atoms with Gasteiger partial charge in [-0.25, -0.2) is 4.57 Å². The van der Waals surface area contributed by atoms with Crippen LogP contribution < -0.4 is 4.57 Å². The van der Waals surface area contributed by atoms with Crippen molar-refractivity contribution in [3.05, 3.63) is 47.0 Å². The summed E-state index contributed by atoms with van der Waals surface area (Å²) in [5.41, 5.74) is 4.58. The Kier molecular flexibility index (Phi) is 3.00. The highest BCUT2D eigenvalue weighted by atomic mass is 32.1. The van der Waals surface area contributed by atoms with Gasteiger partial charge in [0.1, 0.15) is 10.4 Å². The van der Waals surface area contributed by atoms with Gasteiger partial charge in [0.2, 0.25) is 5.01 Å². The van der Waals surface area contributed by atoms with Crippen LogP contribution in [0.2, 0.25) is 0 Å². The second-order valence-electron chi connectivity index (χ2n) is 5.30. The predicted molar refractivity (Wildman–Crippen MR) is 85.1 cm³/mol. The van der Waals surface area contributed by atoms with Crippen molar-refractivity contribution in [2.45, 2.75) is 26.7 Å². The molecule has 0 aliphatic carbocycles. The Morgan fingerprint density at radius 2 is 1.95 bits per heavy atom. The lowest BCUT2D eigenvalue weighted by atomic mass is 10.1. The normalized spacial score (nSPS) is 12.7. The summed E-state index contributed by atoms with van der Waals surface area (Å²) >= 11 is 1.61. The third-order valence-electron chi connectivity index (χ3n) is 3.55. The van der Waals surface area contributed by atoms with Gasteiger partial charge in [-0.2, -0.15) is 0 Å². The summed E-state index contributed by atoms with van der Waals surface area (Å²) in [5.74, 6) is -0.653. The lowest BCUT2D eigenvalue weighted by Crippen LogP contribution is -2.32.